The molecule has 0 aliphatic carbocycles. The fourth-order valence-corrected chi connectivity index (χ4v) is 1.76. The van der Waals surface area contributed by atoms with Crippen LogP contribution in [0.1, 0.15) is 13.8 Å². The Labute approximate surface area is 87.3 Å². The van der Waals surface area contributed by atoms with E-state index in [0.717, 1.165) is 0 Å². The van der Waals surface area contributed by atoms with Crippen LogP contribution in [0.15, 0.2) is 0 Å². The fourth-order valence-electron chi connectivity index (χ4n) is 0.751. The summed E-state index contributed by atoms with van der Waals surface area (Å²) in [5.41, 5.74) is 5.46. The molecule has 5 nitrogen and oxygen atoms in total. The molecule has 84 valence electrons. The Balaban J connectivity index is 4.13. The molecule has 0 rings (SSSR count). The van der Waals surface area contributed by atoms with E-state index >= 15 is 0 Å². The monoisotopic (exact) mass is 223 g/mol. The van der Waals surface area contributed by atoms with Crippen LogP contribution < -0.4 is 5.73 Å². The smallest absolute Gasteiger partial charge is 0.321 e. The number of rotatable bonds is 6. The first-order valence-corrected chi connectivity index (χ1v) is 5.21. The molecule has 0 heterocycles. The van der Waals surface area contributed by atoms with Crippen molar-refractivity contribution in [3.63, 3.8) is 0 Å². The molecule has 14 heavy (non-hydrogen) atoms. The summed E-state index contributed by atoms with van der Waals surface area (Å²) in [5, 5.41) is 26.3. The van der Waals surface area contributed by atoms with E-state index in [2.05, 4.69) is 0 Å². The highest BCUT2D eigenvalue weighted by Crippen LogP contribution is 2.27. The first-order chi connectivity index (χ1) is 6.31. The van der Waals surface area contributed by atoms with Crippen molar-refractivity contribution < 1.29 is 20.1 Å². The van der Waals surface area contributed by atoms with E-state index in [9.17, 15) is 4.79 Å². The minimum atomic E-state index is -1.07. The van der Waals surface area contributed by atoms with Gasteiger partial charge >= 0.3 is 5.97 Å². The van der Waals surface area contributed by atoms with E-state index in [1.807, 2.05) is 0 Å². The molecule has 2 atom stereocenters. The summed E-state index contributed by atoms with van der Waals surface area (Å²) < 4.78 is -0.665. The number of thioether (sulfide) groups is 1. The molecule has 5 N–H and O–H groups in total. The molecular weight excluding hydrogens is 206 g/mol. The fraction of sp³-hybridized carbons (Fsp3) is 0.875. The first kappa shape index (κ1) is 13.7. The second-order valence-corrected chi connectivity index (χ2v) is 5.24. The van der Waals surface area contributed by atoms with Crippen molar-refractivity contribution in [1.82, 2.24) is 0 Å². The molecule has 0 bridgehead atoms. The minimum Gasteiger partial charge on any atom is -0.480 e. The van der Waals surface area contributed by atoms with Crippen molar-refractivity contribution in [2.24, 2.45) is 5.73 Å². The third kappa shape index (κ3) is 4.28. The Morgan fingerprint density at radius 3 is 2.43 bits per heavy atom. The van der Waals surface area contributed by atoms with E-state index in [0.29, 0.717) is 0 Å². The van der Waals surface area contributed by atoms with Crippen LogP contribution in [0.3, 0.4) is 0 Å². The molecule has 0 saturated heterocycles. The van der Waals surface area contributed by atoms with Gasteiger partial charge in [-0.15, -0.1) is 0 Å². The highest BCUT2D eigenvalue weighted by Gasteiger charge is 2.32. The van der Waals surface area contributed by atoms with Crippen LogP contribution in [-0.2, 0) is 4.79 Å². The molecule has 0 aromatic heterocycles. The molecule has 1 unspecified atom stereocenters. The van der Waals surface area contributed by atoms with Crippen LogP contribution in [0.4, 0.5) is 0 Å². The van der Waals surface area contributed by atoms with Crippen LogP contribution in [0.25, 0.3) is 0 Å². The standard InChI is InChI=1S/C8H17NO4S/c1-8(2,6(9)7(12)13)14-4-5(11)3-10/h5-6,10-11H,3-4,9H2,1-2H3,(H,12,13)/t5?,6-/m0/s1. The average molecular weight is 223 g/mol. The van der Waals surface area contributed by atoms with Gasteiger partial charge in [-0.25, -0.2) is 0 Å². The highest BCUT2D eigenvalue weighted by molar-refractivity contribution is 8.00. The van der Waals surface area contributed by atoms with Crippen molar-refractivity contribution >= 4 is 17.7 Å². The Morgan fingerprint density at radius 2 is 2.07 bits per heavy atom. The molecule has 0 radical (unpaired) electrons. The number of aliphatic carboxylic acids is 1. The molecule has 0 spiro atoms. The van der Waals surface area contributed by atoms with E-state index in [4.69, 9.17) is 21.1 Å². The van der Waals surface area contributed by atoms with Crippen LogP contribution in [0.5, 0.6) is 0 Å². The lowest BCUT2D eigenvalue weighted by Gasteiger charge is -2.28. The molecule has 0 aliphatic heterocycles. The third-order valence-corrected chi connectivity index (χ3v) is 3.42. The van der Waals surface area contributed by atoms with E-state index in [1.54, 1.807) is 13.8 Å². The van der Waals surface area contributed by atoms with Gasteiger partial charge < -0.3 is 21.1 Å². The summed E-state index contributed by atoms with van der Waals surface area (Å²) in [4.78, 5) is 10.6. The Morgan fingerprint density at radius 1 is 1.57 bits per heavy atom. The van der Waals surface area contributed by atoms with Gasteiger partial charge in [0.05, 0.1) is 12.7 Å². The first-order valence-electron chi connectivity index (χ1n) is 4.22. The van der Waals surface area contributed by atoms with Gasteiger partial charge in [0.2, 0.25) is 0 Å². The lowest BCUT2D eigenvalue weighted by atomic mass is 10.1. The second kappa shape index (κ2) is 5.55. The number of carboxylic acid groups (broad SMARTS) is 1. The number of carbonyl (C=O) groups is 1. The van der Waals surface area contributed by atoms with Gasteiger partial charge in [-0.1, -0.05) is 0 Å². The Bertz CT molecular complexity index is 198. The Kier molecular flexibility index (Phi) is 5.43. The highest BCUT2D eigenvalue weighted by atomic mass is 32.2. The zero-order valence-corrected chi connectivity index (χ0v) is 9.12. The maximum absolute atomic E-state index is 10.6. The molecule has 0 aliphatic rings. The van der Waals surface area contributed by atoms with Crippen LogP contribution in [0, 0.1) is 0 Å². The third-order valence-electron chi connectivity index (χ3n) is 1.87. The number of hydrogen-bond acceptors (Lipinski definition) is 5. The normalized spacial score (nSPS) is 16.4. The molecular formula is C8H17NO4S. The average Bonchev–Trinajstić information content (AvgIpc) is 2.12. The van der Waals surface area contributed by atoms with Crippen molar-refractivity contribution in [1.29, 1.82) is 0 Å². The SMILES string of the molecule is CC(C)(SCC(O)CO)[C@@H](N)C(=O)O. The number of aliphatic hydroxyl groups is 2. The molecule has 0 saturated carbocycles. The van der Waals surface area contributed by atoms with Crippen molar-refractivity contribution in [2.75, 3.05) is 12.4 Å². The minimum absolute atomic E-state index is 0.268. The molecule has 0 aromatic rings. The van der Waals surface area contributed by atoms with E-state index in [1.165, 1.54) is 11.8 Å². The summed E-state index contributed by atoms with van der Waals surface area (Å²) in [6.07, 6.45) is -0.833. The number of hydrogen-bond donors (Lipinski definition) is 4. The number of nitrogens with two attached hydrogens (primary N) is 1. The summed E-state index contributed by atoms with van der Waals surface area (Å²) in [7, 11) is 0. The Hall–Kier alpha value is -0.300. The molecule has 6 heteroatoms. The molecule has 0 aromatic carbocycles. The van der Waals surface area contributed by atoms with Crippen LogP contribution in [-0.4, -0.2) is 50.5 Å². The summed E-state index contributed by atoms with van der Waals surface area (Å²) in [6, 6.07) is -0.988. The van der Waals surface area contributed by atoms with E-state index < -0.39 is 22.9 Å². The van der Waals surface area contributed by atoms with Gasteiger partial charge in [0.1, 0.15) is 6.04 Å². The van der Waals surface area contributed by atoms with Gasteiger partial charge in [-0.3, -0.25) is 4.79 Å². The molecule has 0 amide bonds. The van der Waals surface area contributed by atoms with Gasteiger partial charge in [-0.2, -0.15) is 11.8 Å². The van der Waals surface area contributed by atoms with Gasteiger partial charge in [0, 0.05) is 10.5 Å². The van der Waals surface area contributed by atoms with Crippen molar-refractivity contribution in [3.05, 3.63) is 0 Å². The quantitative estimate of drug-likeness (QED) is 0.473. The van der Waals surface area contributed by atoms with Crippen molar-refractivity contribution in [2.45, 2.75) is 30.7 Å². The zero-order valence-electron chi connectivity index (χ0n) is 8.30. The zero-order chi connectivity index (χ0) is 11.4. The largest absolute Gasteiger partial charge is 0.480 e. The summed E-state index contributed by atoms with van der Waals surface area (Å²) in [6.45, 7) is 3.06. The van der Waals surface area contributed by atoms with Crippen LogP contribution in [0.2, 0.25) is 0 Å². The maximum atomic E-state index is 10.6. The lowest BCUT2D eigenvalue weighted by Crippen LogP contribution is -2.47. The van der Waals surface area contributed by atoms with Gasteiger partial charge in [0.25, 0.3) is 0 Å². The van der Waals surface area contributed by atoms with Crippen molar-refractivity contribution in [3.8, 4) is 0 Å². The second-order valence-electron chi connectivity index (χ2n) is 3.57. The predicted octanol–water partition coefficient (Wildman–Crippen LogP) is -0.737. The van der Waals surface area contributed by atoms with Gasteiger partial charge in [-0.05, 0) is 13.8 Å². The van der Waals surface area contributed by atoms with E-state index in [-0.39, 0.29) is 12.4 Å². The number of aliphatic hydroxyl groups excluding tert-OH is 2. The summed E-state index contributed by atoms with van der Waals surface area (Å²) in [5.74, 6) is -0.800. The topological polar surface area (TPSA) is 104 Å². The van der Waals surface area contributed by atoms with Gasteiger partial charge in [0.15, 0.2) is 0 Å². The summed E-state index contributed by atoms with van der Waals surface area (Å²) >= 11 is 1.23. The molecule has 0 fully saturated rings. The van der Waals surface area contributed by atoms with Crippen LogP contribution >= 0.6 is 11.8 Å². The predicted molar refractivity (Wildman–Crippen MR) is 55.2 cm³/mol. The lowest BCUT2D eigenvalue weighted by molar-refractivity contribution is -0.139. The number of carboxylic acids is 1. The maximum Gasteiger partial charge on any atom is 0.321 e.